The molecule has 1 aliphatic rings. The molecule has 1 atom stereocenters. The molecule has 1 aromatic carbocycles. The number of aryl methyl sites for hydroxylation is 1. The number of imidazole rings is 1. The van der Waals surface area contributed by atoms with Crippen molar-refractivity contribution < 1.29 is 8.42 Å². The molecule has 21 heavy (non-hydrogen) atoms. The predicted octanol–water partition coefficient (Wildman–Crippen LogP) is 3.00. The highest BCUT2D eigenvalue weighted by molar-refractivity contribution is 7.91. The Morgan fingerprint density at radius 1 is 1.43 bits per heavy atom. The third-order valence-electron chi connectivity index (χ3n) is 4.05. The van der Waals surface area contributed by atoms with E-state index < -0.39 is 15.4 Å². The van der Waals surface area contributed by atoms with E-state index in [4.69, 9.17) is 23.2 Å². The summed E-state index contributed by atoms with van der Waals surface area (Å²) in [6.45, 7) is 1.97. The summed E-state index contributed by atoms with van der Waals surface area (Å²) in [6, 6.07) is 5.59. The summed E-state index contributed by atoms with van der Waals surface area (Å²) in [4.78, 5) is 4.59. The van der Waals surface area contributed by atoms with Crippen molar-refractivity contribution in [1.29, 1.82) is 0 Å². The van der Waals surface area contributed by atoms with E-state index in [0.29, 0.717) is 29.3 Å². The minimum atomic E-state index is -3.01. The molecule has 7 heteroatoms. The highest BCUT2D eigenvalue weighted by Gasteiger charge is 2.41. The van der Waals surface area contributed by atoms with Gasteiger partial charge in [-0.15, -0.1) is 11.6 Å². The molecule has 1 unspecified atom stereocenters. The van der Waals surface area contributed by atoms with E-state index in [1.54, 1.807) is 6.07 Å². The summed E-state index contributed by atoms with van der Waals surface area (Å²) in [5.41, 5.74) is 1.10. The standard InChI is InChI=1S/C14H16Cl2N2O2S/c1-14(6-8-21(19,20)9-14)18-11-4-2-3-10(16)13(11)17-12(18)5-7-15/h2-4H,5-9H2,1H3. The Bertz CT molecular complexity index is 801. The second-order valence-electron chi connectivity index (χ2n) is 5.75. The van der Waals surface area contributed by atoms with Crippen LogP contribution in [0.2, 0.25) is 5.02 Å². The largest absolute Gasteiger partial charge is 0.321 e. The van der Waals surface area contributed by atoms with Crippen LogP contribution in [0.4, 0.5) is 0 Å². The lowest BCUT2D eigenvalue weighted by Crippen LogP contribution is -2.33. The summed E-state index contributed by atoms with van der Waals surface area (Å²) in [5, 5.41) is 0.575. The lowest BCUT2D eigenvalue weighted by Gasteiger charge is -2.27. The number of nitrogens with zero attached hydrogens (tertiary/aromatic N) is 2. The molecule has 4 nitrogen and oxygen atoms in total. The Morgan fingerprint density at radius 3 is 2.81 bits per heavy atom. The number of aromatic nitrogens is 2. The SMILES string of the molecule is CC1(n2c(CCCl)nc3c(Cl)cccc32)CCS(=O)(=O)C1. The maximum atomic E-state index is 11.9. The van der Waals surface area contributed by atoms with Crippen LogP contribution in [-0.2, 0) is 21.8 Å². The first-order valence-electron chi connectivity index (χ1n) is 6.79. The molecule has 114 valence electrons. The van der Waals surface area contributed by atoms with E-state index >= 15 is 0 Å². The number of hydrogen-bond donors (Lipinski definition) is 0. The van der Waals surface area contributed by atoms with Gasteiger partial charge in [0.2, 0.25) is 0 Å². The van der Waals surface area contributed by atoms with Gasteiger partial charge in [0, 0.05) is 12.3 Å². The van der Waals surface area contributed by atoms with Gasteiger partial charge in [0.25, 0.3) is 0 Å². The molecule has 0 bridgehead atoms. The second kappa shape index (κ2) is 5.14. The van der Waals surface area contributed by atoms with Crippen LogP contribution in [0.1, 0.15) is 19.2 Å². The zero-order valence-electron chi connectivity index (χ0n) is 11.6. The number of benzene rings is 1. The van der Waals surface area contributed by atoms with Crippen molar-refractivity contribution in [3.63, 3.8) is 0 Å². The number of para-hydroxylation sites is 1. The van der Waals surface area contributed by atoms with Gasteiger partial charge >= 0.3 is 0 Å². The van der Waals surface area contributed by atoms with Crippen molar-refractivity contribution in [1.82, 2.24) is 9.55 Å². The smallest absolute Gasteiger partial charge is 0.152 e. The average Bonchev–Trinajstić information content (AvgIpc) is 2.89. The molecule has 1 aliphatic heterocycles. The highest BCUT2D eigenvalue weighted by atomic mass is 35.5. The van der Waals surface area contributed by atoms with Crippen LogP contribution in [0.5, 0.6) is 0 Å². The number of alkyl halides is 1. The van der Waals surface area contributed by atoms with Gasteiger partial charge in [0.15, 0.2) is 9.84 Å². The minimum absolute atomic E-state index is 0.132. The molecule has 0 aliphatic carbocycles. The van der Waals surface area contributed by atoms with E-state index in [2.05, 4.69) is 4.98 Å². The molecule has 0 radical (unpaired) electrons. The Balaban J connectivity index is 2.25. The monoisotopic (exact) mass is 346 g/mol. The maximum absolute atomic E-state index is 11.9. The Hall–Kier alpha value is -0.780. The molecule has 1 aromatic heterocycles. The lowest BCUT2D eigenvalue weighted by molar-refractivity contribution is 0.365. The normalized spacial score (nSPS) is 24.7. The average molecular weight is 347 g/mol. The summed E-state index contributed by atoms with van der Waals surface area (Å²) in [6.07, 6.45) is 1.17. The van der Waals surface area contributed by atoms with Crippen LogP contribution in [0.3, 0.4) is 0 Å². The predicted molar refractivity (Wildman–Crippen MR) is 86.1 cm³/mol. The van der Waals surface area contributed by atoms with E-state index in [-0.39, 0.29) is 11.5 Å². The lowest BCUT2D eigenvalue weighted by atomic mass is 10.0. The van der Waals surface area contributed by atoms with Gasteiger partial charge in [0.1, 0.15) is 11.3 Å². The quantitative estimate of drug-likeness (QED) is 0.802. The van der Waals surface area contributed by atoms with Gasteiger partial charge in [-0.3, -0.25) is 0 Å². The molecular weight excluding hydrogens is 331 g/mol. The fourth-order valence-corrected chi connectivity index (χ4v) is 5.63. The summed E-state index contributed by atoms with van der Waals surface area (Å²) >= 11 is 12.1. The molecular formula is C14H16Cl2N2O2S. The molecule has 1 fully saturated rings. The van der Waals surface area contributed by atoms with Crippen molar-refractivity contribution >= 4 is 44.1 Å². The number of sulfone groups is 1. The van der Waals surface area contributed by atoms with Crippen molar-refractivity contribution in [3.05, 3.63) is 29.0 Å². The first-order chi connectivity index (χ1) is 9.86. The van der Waals surface area contributed by atoms with Crippen molar-refractivity contribution in [2.75, 3.05) is 17.4 Å². The minimum Gasteiger partial charge on any atom is -0.321 e. The van der Waals surface area contributed by atoms with Crippen LogP contribution in [0.15, 0.2) is 18.2 Å². The number of hydrogen-bond acceptors (Lipinski definition) is 3. The molecule has 1 saturated heterocycles. The van der Waals surface area contributed by atoms with Gasteiger partial charge in [-0.1, -0.05) is 17.7 Å². The number of halogens is 2. The van der Waals surface area contributed by atoms with Crippen LogP contribution in [0, 0.1) is 0 Å². The Kier molecular flexibility index (Phi) is 3.71. The number of rotatable bonds is 3. The van der Waals surface area contributed by atoms with Crippen molar-refractivity contribution in [3.8, 4) is 0 Å². The molecule has 2 heterocycles. The van der Waals surface area contributed by atoms with Gasteiger partial charge in [0.05, 0.1) is 27.6 Å². The molecule has 0 N–H and O–H groups in total. The number of fused-ring (bicyclic) bond motifs is 1. The Labute approximate surface area is 134 Å². The summed E-state index contributed by atoms with van der Waals surface area (Å²) in [7, 11) is -3.01. The van der Waals surface area contributed by atoms with Crippen LogP contribution in [-0.4, -0.2) is 35.4 Å². The van der Waals surface area contributed by atoms with Crippen LogP contribution in [0.25, 0.3) is 11.0 Å². The van der Waals surface area contributed by atoms with E-state index in [1.807, 2.05) is 23.6 Å². The zero-order chi connectivity index (χ0) is 15.3. The van der Waals surface area contributed by atoms with Crippen LogP contribution < -0.4 is 0 Å². The second-order valence-corrected chi connectivity index (χ2v) is 8.72. The van der Waals surface area contributed by atoms with Crippen molar-refractivity contribution in [2.45, 2.75) is 25.3 Å². The highest BCUT2D eigenvalue weighted by Crippen LogP contribution is 2.36. The van der Waals surface area contributed by atoms with E-state index in [9.17, 15) is 8.42 Å². The van der Waals surface area contributed by atoms with E-state index in [1.165, 1.54) is 0 Å². The molecule has 0 saturated carbocycles. The topological polar surface area (TPSA) is 52.0 Å². The fraction of sp³-hybridized carbons (Fsp3) is 0.500. The Morgan fingerprint density at radius 2 is 2.19 bits per heavy atom. The summed E-state index contributed by atoms with van der Waals surface area (Å²) < 4.78 is 25.9. The zero-order valence-corrected chi connectivity index (χ0v) is 14.0. The molecule has 2 aromatic rings. The van der Waals surface area contributed by atoms with Crippen LogP contribution >= 0.6 is 23.2 Å². The third kappa shape index (κ3) is 2.56. The van der Waals surface area contributed by atoms with Gasteiger partial charge < -0.3 is 4.57 Å². The van der Waals surface area contributed by atoms with Crippen molar-refractivity contribution in [2.24, 2.45) is 0 Å². The first-order valence-corrected chi connectivity index (χ1v) is 9.52. The molecule has 0 amide bonds. The summed E-state index contributed by atoms with van der Waals surface area (Å²) in [5.74, 6) is 1.58. The van der Waals surface area contributed by atoms with Gasteiger partial charge in [-0.25, -0.2) is 13.4 Å². The fourth-order valence-electron chi connectivity index (χ4n) is 3.14. The third-order valence-corrected chi connectivity index (χ3v) is 6.43. The maximum Gasteiger partial charge on any atom is 0.152 e. The molecule has 3 rings (SSSR count). The first kappa shape index (κ1) is 15.1. The molecule has 0 spiro atoms. The van der Waals surface area contributed by atoms with Gasteiger partial charge in [-0.2, -0.15) is 0 Å². The van der Waals surface area contributed by atoms with Gasteiger partial charge in [-0.05, 0) is 25.5 Å². The van der Waals surface area contributed by atoms with E-state index in [0.717, 1.165) is 11.3 Å².